The zero-order chi connectivity index (χ0) is 11.0. The summed E-state index contributed by atoms with van der Waals surface area (Å²) in [6, 6.07) is 9.04. The maximum absolute atomic E-state index is 5.00. The van der Waals surface area contributed by atoms with Crippen LogP contribution >= 0.6 is 23.6 Å². The molecule has 1 heterocycles. The molecule has 1 aliphatic carbocycles. The summed E-state index contributed by atoms with van der Waals surface area (Å²) < 4.78 is 0.720. The fourth-order valence-corrected chi connectivity index (χ4v) is 2.99. The van der Waals surface area contributed by atoms with Crippen molar-refractivity contribution in [2.75, 3.05) is 5.32 Å². The smallest absolute Gasteiger partial charge is 0.204 e. The Bertz CT molecular complexity index is 533. The molecule has 0 bridgehead atoms. The summed E-state index contributed by atoms with van der Waals surface area (Å²) in [5.74, 6) is 0. The number of aromatic amines is 1. The van der Waals surface area contributed by atoms with Crippen LogP contribution in [0.25, 0.3) is 0 Å². The van der Waals surface area contributed by atoms with Crippen molar-refractivity contribution < 1.29 is 0 Å². The molecular weight excluding hydrogens is 238 g/mol. The lowest BCUT2D eigenvalue weighted by Gasteiger charge is -2.09. The maximum atomic E-state index is 5.00. The SMILES string of the molecule is S=c1[nH]nc(NC2Cc3ccccc3C2)s1. The van der Waals surface area contributed by atoms with Gasteiger partial charge in [0.2, 0.25) is 5.13 Å². The quantitative estimate of drug-likeness (QED) is 0.804. The molecule has 0 saturated carbocycles. The van der Waals surface area contributed by atoms with Crippen LogP contribution in [-0.4, -0.2) is 16.2 Å². The lowest BCUT2D eigenvalue weighted by molar-refractivity contribution is 0.770. The van der Waals surface area contributed by atoms with Crippen LogP contribution in [-0.2, 0) is 12.8 Å². The van der Waals surface area contributed by atoms with Gasteiger partial charge in [-0.3, -0.25) is 5.10 Å². The Kier molecular flexibility index (Phi) is 2.49. The third-order valence-electron chi connectivity index (χ3n) is 2.82. The molecule has 0 fully saturated rings. The van der Waals surface area contributed by atoms with Crippen molar-refractivity contribution in [3.05, 3.63) is 39.3 Å². The third-order valence-corrected chi connectivity index (χ3v) is 3.84. The molecule has 0 saturated heterocycles. The maximum Gasteiger partial charge on any atom is 0.204 e. The van der Waals surface area contributed by atoms with Crippen molar-refractivity contribution >= 4 is 28.7 Å². The van der Waals surface area contributed by atoms with E-state index in [0.717, 1.165) is 21.9 Å². The summed E-state index contributed by atoms with van der Waals surface area (Å²) in [4.78, 5) is 0. The summed E-state index contributed by atoms with van der Waals surface area (Å²) in [6.07, 6.45) is 2.14. The van der Waals surface area contributed by atoms with Gasteiger partial charge in [0, 0.05) is 6.04 Å². The molecule has 0 aliphatic heterocycles. The van der Waals surface area contributed by atoms with Crippen molar-refractivity contribution in [1.82, 2.24) is 10.2 Å². The molecule has 0 radical (unpaired) electrons. The molecule has 0 unspecified atom stereocenters. The van der Waals surface area contributed by atoms with Gasteiger partial charge in [-0.15, -0.1) is 5.10 Å². The van der Waals surface area contributed by atoms with E-state index in [1.807, 2.05) is 0 Å². The Morgan fingerprint density at radius 2 is 2.00 bits per heavy atom. The van der Waals surface area contributed by atoms with Crippen LogP contribution in [0.1, 0.15) is 11.1 Å². The summed E-state index contributed by atoms with van der Waals surface area (Å²) in [5.41, 5.74) is 2.89. The zero-order valence-electron chi connectivity index (χ0n) is 8.56. The molecule has 1 aromatic carbocycles. The van der Waals surface area contributed by atoms with Crippen LogP contribution < -0.4 is 5.32 Å². The highest BCUT2D eigenvalue weighted by molar-refractivity contribution is 7.73. The summed E-state index contributed by atoms with van der Waals surface area (Å²) in [5, 5.41) is 11.2. The first kappa shape index (κ1) is 9.99. The van der Waals surface area contributed by atoms with E-state index in [0.29, 0.717) is 6.04 Å². The summed E-state index contributed by atoms with van der Waals surface area (Å²) in [6.45, 7) is 0. The molecule has 1 aliphatic rings. The number of hydrogen-bond donors (Lipinski definition) is 2. The first-order valence-corrected chi connectivity index (χ1v) is 6.42. The monoisotopic (exact) mass is 249 g/mol. The van der Waals surface area contributed by atoms with Gasteiger partial charge in [0.1, 0.15) is 0 Å². The predicted molar refractivity (Wildman–Crippen MR) is 68.6 cm³/mol. The highest BCUT2D eigenvalue weighted by Gasteiger charge is 2.21. The lowest BCUT2D eigenvalue weighted by Crippen LogP contribution is -2.19. The minimum Gasteiger partial charge on any atom is -0.357 e. The van der Waals surface area contributed by atoms with Gasteiger partial charge in [-0.2, -0.15) is 0 Å². The average molecular weight is 249 g/mol. The van der Waals surface area contributed by atoms with Crippen molar-refractivity contribution in [2.24, 2.45) is 0 Å². The van der Waals surface area contributed by atoms with E-state index in [9.17, 15) is 0 Å². The number of hydrogen-bond acceptors (Lipinski definition) is 4. The molecule has 5 heteroatoms. The Balaban J connectivity index is 1.75. The molecule has 3 nitrogen and oxygen atoms in total. The topological polar surface area (TPSA) is 40.7 Å². The second-order valence-corrected chi connectivity index (χ2v) is 5.60. The van der Waals surface area contributed by atoms with Crippen molar-refractivity contribution in [1.29, 1.82) is 0 Å². The van der Waals surface area contributed by atoms with Gasteiger partial charge in [0.05, 0.1) is 0 Å². The van der Waals surface area contributed by atoms with Crippen LogP contribution in [0, 0.1) is 3.95 Å². The number of H-pyrrole nitrogens is 1. The van der Waals surface area contributed by atoms with E-state index in [-0.39, 0.29) is 0 Å². The highest BCUT2D eigenvalue weighted by atomic mass is 32.1. The number of rotatable bonds is 2. The zero-order valence-corrected chi connectivity index (χ0v) is 10.2. The second-order valence-electron chi connectivity index (χ2n) is 3.94. The number of anilines is 1. The van der Waals surface area contributed by atoms with Crippen LogP contribution in [0.15, 0.2) is 24.3 Å². The minimum absolute atomic E-state index is 0.450. The van der Waals surface area contributed by atoms with Crippen LogP contribution in [0.3, 0.4) is 0 Å². The van der Waals surface area contributed by atoms with E-state index in [2.05, 4.69) is 39.8 Å². The first-order chi connectivity index (χ1) is 7.81. The number of benzene rings is 1. The van der Waals surface area contributed by atoms with Crippen LogP contribution in [0.4, 0.5) is 5.13 Å². The van der Waals surface area contributed by atoms with E-state index < -0.39 is 0 Å². The average Bonchev–Trinajstić information content (AvgIpc) is 2.84. The van der Waals surface area contributed by atoms with E-state index in [1.165, 1.54) is 22.5 Å². The van der Waals surface area contributed by atoms with Gasteiger partial charge in [-0.05, 0) is 36.2 Å². The fourth-order valence-electron chi connectivity index (χ4n) is 2.13. The van der Waals surface area contributed by atoms with Crippen molar-refractivity contribution in [3.63, 3.8) is 0 Å². The van der Waals surface area contributed by atoms with Crippen molar-refractivity contribution in [2.45, 2.75) is 18.9 Å². The largest absolute Gasteiger partial charge is 0.357 e. The van der Waals surface area contributed by atoms with E-state index in [4.69, 9.17) is 12.2 Å². The highest BCUT2D eigenvalue weighted by Crippen LogP contribution is 2.24. The summed E-state index contributed by atoms with van der Waals surface area (Å²) >= 11 is 6.49. The molecule has 0 amide bonds. The molecule has 0 spiro atoms. The normalized spacial score (nSPS) is 15.0. The second kappa shape index (κ2) is 3.99. The predicted octanol–water partition coefficient (Wildman–Crippen LogP) is 2.78. The first-order valence-electron chi connectivity index (χ1n) is 5.20. The van der Waals surface area contributed by atoms with Gasteiger partial charge in [0.15, 0.2) is 3.95 Å². The van der Waals surface area contributed by atoms with Crippen LogP contribution in [0.5, 0.6) is 0 Å². The Morgan fingerprint density at radius 1 is 1.31 bits per heavy atom. The lowest BCUT2D eigenvalue weighted by atomic mass is 10.1. The minimum atomic E-state index is 0.450. The fraction of sp³-hybridized carbons (Fsp3) is 0.273. The van der Waals surface area contributed by atoms with Gasteiger partial charge in [-0.1, -0.05) is 35.6 Å². The van der Waals surface area contributed by atoms with E-state index >= 15 is 0 Å². The van der Waals surface area contributed by atoms with Gasteiger partial charge in [0.25, 0.3) is 0 Å². The molecular formula is C11H11N3S2. The van der Waals surface area contributed by atoms with Crippen LogP contribution in [0.2, 0.25) is 0 Å². The molecule has 0 atom stereocenters. The third kappa shape index (κ3) is 1.88. The molecule has 2 N–H and O–H groups in total. The molecule has 2 aromatic rings. The Morgan fingerprint density at radius 3 is 2.56 bits per heavy atom. The Labute approximate surface area is 103 Å². The molecule has 1 aromatic heterocycles. The van der Waals surface area contributed by atoms with Gasteiger partial charge in [-0.25, -0.2) is 0 Å². The summed E-state index contributed by atoms with van der Waals surface area (Å²) in [7, 11) is 0. The number of aromatic nitrogens is 2. The van der Waals surface area contributed by atoms with Crippen molar-refractivity contribution in [3.8, 4) is 0 Å². The number of nitrogens with zero attached hydrogens (tertiary/aromatic N) is 1. The number of fused-ring (bicyclic) bond motifs is 1. The van der Waals surface area contributed by atoms with E-state index in [1.54, 1.807) is 0 Å². The molecule has 3 rings (SSSR count). The molecule has 82 valence electrons. The molecule has 16 heavy (non-hydrogen) atoms. The standard InChI is InChI=1S/C11H11N3S2/c15-11-14-13-10(16-11)12-9-5-7-3-1-2-4-8(7)6-9/h1-4,9H,5-6H2,(H,12,13)(H,14,15). The van der Waals surface area contributed by atoms with Gasteiger partial charge >= 0.3 is 0 Å². The number of nitrogens with one attached hydrogen (secondary N) is 2. The Hall–Kier alpha value is -1.20. The van der Waals surface area contributed by atoms with Gasteiger partial charge < -0.3 is 5.32 Å².